The quantitative estimate of drug-likeness (QED) is 0.868. The van der Waals surface area contributed by atoms with Crippen LogP contribution in [0.4, 0.5) is 0 Å². The summed E-state index contributed by atoms with van der Waals surface area (Å²) in [6, 6.07) is 7.65. The topological polar surface area (TPSA) is 46.1 Å². The zero-order valence-electron chi connectivity index (χ0n) is 12.0. The molecule has 1 atom stereocenters. The van der Waals surface area contributed by atoms with E-state index in [4.69, 9.17) is 0 Å². The monoisotopic (exact) mass is 281 g/mol. The van der Waals surface area contributed by atoms with Gasteiger partial charge in [0.25, 0.3) is 5.91 Å². The Morgan fingerprint density at radius 3 is 2.81 bits per heavy atom. The normalized spacial score (nSPS) is 18.5. The van der Waals surface area contributed by atoms with Crippen LogP contribution in [0.1, 0.15) is 28.8 Å². The zero-order valence-corrected chi connectivity index (χ0v) is 12.0. The van der Waals surface area contributed by atoms with Crippen molar-refractivity contribution >= 4 is 5.91 Å². The van der Waals surface area contributed by atoms with Crippen LogP contribution < -0.4 is 0 Å². The number of likely N-dealkylation sites (tertiary alicyclic amines) is 1. The maximum Gasteiger partial charge on any atom is 0.253 e. The Bertz CT molecular complexity index is 585. The van der Waals surface area contributed by atoms with Crippen LogP contribution in [0.15, 0.2) is 49.1 Å². The lowest BCUT2D eigenvalue weighted by Crippen LogP contribution is -2.40. The van der Waals surface area contributed by atoms with Crippen LogP contribution in [0.2, 0.25) is 0 Å². The predicted molar refractivity (Wildman–Crippen MR) is 80.8 cm³/mol. The summed E-state index contributed by atoms with van der Waals surface area (Å²) in [5.41, 5.74) is 1.98. The van der Waals surface area contributed by atoms with Crippen LogP contribution in [0.5, 0.6) is 0 Å². The predicted octanol–water partition coefficient (Wildman–Crippen LogP) is 2.57. The Morgan fingerprint density at radius 2 is 2.05 bits per heavy atom. The number of amides is 1. The summed E-state index contributed by atoms with van der Waals surface area (Å²) in [5.74, 6) is 0.641. The van der Waals surface area contributed by atoms with E-state index in [1.54, 1.807) is 30.7 Å². The number of carbonyl (C=O) groups excluding carboxylic acids is 1. The van der Waals surface area contributed by atoms with Gasteiger partial charge in [0.05, 0.1) is 0 Å². The summed E-state index contributed by atoms with van der Waals surface area (Å²) >= 11 is 0. The van der Waals surface area contributed by atoms with Gasteiger partial charge in [0.1, 0.15) is 0 Å². The second-order valence-electron chi connectivity index (χ2n) is 5.56. The molecule has 108 valence electrons. The SMILES string of the molecule is O=C(c1ccncc1)N1CCCC(Cc2cccnc2)C1. The first kappa shape index (κ1) is 13.7. The molecule has 2 aromatic rings. The van der Waals surface area contributed by atoms with Gasteiger partial charge >= 0.3 is 0 Å². The Labute approximate surface area is 124 Å². The molecule has 3 heterocycles. The summed E-state index contributed by atoms with van der Waals surface area (Å²) in [6.45, 7) is 1.68. The van der Waals surface area contributed by atoms with Crippen molar-refractivity contribution in [1.82, 2.24) is 14.9 Å². The van der Waals surface area contributed by atoms with Gasteiger partial charge in [-0.15, -0.1) is 0 Å². The van der Waals surface area contributed by atoms with Gasteiger partial charge in [-0.3, -0.25) is 14.8 Å². The molecule has 0 N–H and O–H groups in total. The standard InChI is InChI=1S/C17H19N3O/c21-17(16-5-8-18-9-6-16)20-10-2-4-15(13-20)11-14-3-1-7-19-12-14/h1,3,5-9,12,15H,2,4,10-11,13H2. The Balaban J connectivity index is 1.64. The molecule has 0 bridgehead atoms. The highest BCUT2D eigenvalue weighted by atomic mass is 16.2. The molecule has 0 saturated carbocycles. The van der Waals surface area contributed by atoms with Crippen LogP contribution >= 0.6 is 0 Å². The van der Waals surface area contributed by atoms with Crippen LogP contribution in [-0.2, 0) is 6.42 Å². The molecule has 3 rings (SSSR count). The average molecular weight is 281 g/mol. The fraction of sp³-hybridized carbons (Fsp3) is 0.353. The second kappa shape index (κ2) is 6.48. The second-order valence-corrected chi connectivity index (χ2v) is 5.56. The summed E-state index contributed by atoms with van der Waals surface area (Å²) in [6.07, 6.45) is 10.3. The summed E-state index contributed by atoms with van der Waals surface area (Å²) in [5, 5.41) is 0. The fourth-order valence-electron chi connectivity index (χ4n) is 2.95. The molecule has 21 heavy (non-hydrogen) atoms. The van der Waals surface area contributed by atoms with Gasteiger partial charge in [0, 0.05) is 43.4 Å². The highest BCUT2D eigenvalue weighted by Gasteiger charge is 2.24. The summed E-state index contributed by atoms with van der Waals surface area (Å²) in [4.78, 5) is 22.6. The number of hydrogen-bond donors (Lipinski definition) is 0. The highest BCUT2D eigenvalue weighted by Crippen LogP contribution is 2.21. The van der Waals surface area contributed by atoms with Crippen molar-refractivity contribution in [3.8, 4) is 0 Å². The zero-order chi connectivity index (χ0) is 14.5. The minimum atomic E-state index is 0.119. The lowest BCUT2D eigenvalue weighted by atomic mass is 9.91. The largest absolute Gasteiger partial charge is 0.338 e. The minimum Gasteiger partial charge on any atom is -0.338 e. The van der Waals surface area contributed by atoms with Crippen LogP contribution in [0.3, 0.4) is 0 Å². The number of rotatable bonds is 3. The maximum absolute atomic E-state index is 12.5. The van der Waals surface area contributed by atoms with Crippen molar-refractivity contribution in [2.75, 3.05) is 13.1 Å². The van der Waals surface area contributed by atoms with Gasteiger partial charge in [-0.2, -0.15) is 0 Å². The molecule has 1 aliphatic heterocycles. The lowest BCUT2D eigenvalue weighted by Gasteiger charge is -2.33. The van der Waals surface area contributed by atoms with Gasteiger partial charge in [0.2, 0.25) is 0 Å². The molecule has 1 unspecified atom stereocenters. The molecule has 1 fully saturated rings. The number of pyridine rings is 2. The van der Waals surface area contributed by atoms with Gasteiger partial charge in [0.15, 0.2) is 0 Å². The Kier molecular flexibility index (Phi) is 4.24. The Morgan fingerprint density at radius 1 is 1.19 bits per heavy atom. The van der Waals surface area contributed by atoms with Crippen molar-refractivity contribution in [2.24, 2.45) is 5.92 Å². The average Bonchev–Trinajstić information content (AvgIpc) is 2.56. The van der Waals surface area contributed by atoms with Crippen molar-refractivity contribution in [3.05, 3.63) is 60.2 Å². The molecule has 1 amide bonds. The van der Waals surface area contributed by atoms with Gasteiger partial charge in [-0.05, 0) is 48.9 Å². The first-order valence-electron chi connectivity index (χ1n) is 7.41. The molecule has 1 saturated heterocycles. The molecule has 0 aromatic carbocycles. The molecule has 4 heteroatoms. The van der Waals surface area contributed by atoms with E-state index < -0.39 is 0 Å². The molecule has 1 aliphatic rings. The van der Waals surface area contributed by atoms with Gasteiger partial charge in [-0.1, -0.05) is 6.07 Å². The first-order valence-corrected chi connectivity index (χ1v) is 7.41. The van der Waals surface area contributed by atoms with Crippen molar-refractivity contribution < 1.29 is 4.79 Å². The van der Waals surface area contributed by atoms with E-state index in [0.717, 1.165) is 31.5 Å². The van der Waals surface area contributed by atoms with E-state index in [9.17, 15) is 4.79 Å². The van der Waals surface area contributed by atoms with Crippen LogP contribution in [-0.4, -0.2) is 33.9 Å². The minimum absolute atomic E-state index is 0.119. The lowest BCUT2D eigenvalue weighted by molar-refractivity contribution is 0.0673. The number of hydrogen-bond acceptors (Lipinski definition) is 3. The number of aromatic nitrogens is 2. The van der Waals surface area contributed by atoms with E-state index in [0.29, 0.717) is 5.92 Å². The van der Waals surface area contributed by atoms with E-state index in [-0.39, 0.29) is 5.91 Å². The van der Waals surface area contributed by atoms with E-state index in [1.165, 1.54) is 12.0 Å². The van der Waals surface area contributed by atoms with Gasteiger partial charge in [-0.25, -0.2) is 0 Å². The first-order chi connectivity index (χ1) is 10.3. The van der Waals surface area contributed by atoms with Crippen LogP contribution in [0.25, 0.3) is 0 Å². The van der Waals surface area contributed by atoms with Crippen molar-refractivity contribution in [2.45, 2.75) is 19.3 Å². The van der Waals surface area contributed by atoms with Crippen molar-refractivity contribution in [3.63, 3.8) is 0 Å². The molecule has 0 spiro atoms. The Hall–Kier alpha value is -2.23. The van der Waals surface area contributed by atoms with Crippen molar-refractivity contribution in [1.29, 1.82) is 0 Å². The summed E-state index contributed by atoms with van der Waals surface area (Å²) < 4.78 is 0. The van der Waals surface area contributed by atoms with E-state index in [2.05, 4.69) is 16.0 Å². The third-order valence-electron chi connectivity index (χ3n) is 3.98. The molecule has 0 radical (unpaired) electrons. The number of carbonyl (C=O) groups is 1. The molecule has 4 nitrogen and oxygen atoms in total. The molecule has 2 aromatic heterocycles. The fourth-order valence-corrected chi connectivity index (χ4v) is 2.95. The van der Waals surface area contributed by atoms with Gasteiger partial charge < -0.3 is 4.90 Å². The van der Waals surface area contributed by atoms with Crippen LogP contribution in [0, 0.1) is 5.92 Å². The number of nitrogens with zero attached hydrogens (tertiary/aromatic N) is 3. The maximum atomic E-state index is 12.5. The molecular formula is C17H19N3O. The highest BCUT2D eigenvalue weighted by molar-refractivity contribution is 5.94. The third-order valence-corrected chi connectivity index (χ3v) is 3.98. The summed E-state index contributed by atoms with van der Waals surface area (Å²) in [7, 11) is 0. The number of piperidine rings is 1. The van der Waals surface area contributed by atoms with E-state index in [1.807, 2.05) is 17.2 Å². The van der Waals surface area contributed by atoms with E-state index >= 15 is 0 Å². The smallest absolute Gasteiger partial charge is 0.253 e. The third kappa shape index (κ3) is 3.45. The molecule has 0 aliphatic carbocycles. The molecular weight excluding hydrogens is 262 g/mol.